The molecule has 9 nitrogen and oxygen atoms in total. The summed E-state index contributed by atoms with van der Waals surface area (Å²) in [5.74, 6) is 0. The molecule has 2 N–H and O–H groups in total. The van der Waals surface area contributed by atoms with Crippen molar-refractivity contribution in [3.8, 4) is 22.8 Å². The molecule has 4 heterocycles. The van der Waals surface area contributed by atoms with E-state index < -0.39 is 0 Å². The predicted molar refractivity (Wildman–Crippen MR) is 204 cm³/mol. The van der Waals surface area contributed by atoms with Crippen molar-refractivity contribution < 1.29 is 0 Å². The van der Waals surface area contributed by atoms with E-state index in [0.717, 1.165) is 80.5 Å². The summed E-state index contributed by atoms with van der Waals surface area (Å²) in [6, 6.07) is 16.4. The average Bonchev–Trinajstić information content (AvgIpc) is 3.75. The van der Waals surface area contributed by atoms with Crippen LogP contribution in [0.4, 0.5) is 11.4 Å². The summed E-state index contributed by atoms with van der Waals surface area (Å²) < 4.78 is 0. The fraction of sp³-hybridized carbons (Fsp3) is 0.289. The standard InChI is InChI=1S/C21H25N5S.C17H18N4S/c1-6-26(5)13-22-19-10-14(2)17(9-15(19)3)11-21-23-20(12-27-21)18-8-7-16(4)24-25-18;1-10-7-14(18)11(2)6-13(10)8-17-19-16(9-22-17)15-5-4-12(3)20-21-15/h7-10,12-13H,6,11H2,1-5H3;4-7,9H,8,18H2,1-3H3. The first-order chi connectivity index (χ1) is 23.5. The number of thiazole rings is 2. The average molecular weight is 690 g/mol. The SMILES string of the molecule is CCN(C)C=Nc1cc(C)c(Cc2nc(-c3ccc(C)nn3)cs2)cc1C.Cc1ccc(-c2csc(Cc3cc(C)c(N)cc3C)n2)nn1. The van der Waals surface area contributed by atoms with Crippen LogP contribution in [0.25, 0.3) is 22.8 Å². The Bertz CT molecular complexity index is 2050. The largest absolute Gasteiger partial charge is 0.399 e. The van der Waals surface area contributed by atoms with Gasteiger partial charge in [0.05, 0.1) is 33.4 Å². The van der Waals surface area contributed by atoms with Gasteiger partial charge in [-0.15, -0.1) is 32.9 Å². The Labute approximate surface area is 297 Å². The molecule has 0 bridgehead atoms. The maximum absolute atomic E-state index is 5.95. The van der Waals surface area contributed by atoms with Gasteiger partial charge in [0.15, 0.2) is 0 Å². The monoisotopic (exact) mass is 689 g/mol. The summed E-state index contributed by atoms with van der Waals surface area (Å²) in [7, 11) is 2.03. The zero-order valence-corrected chi connectivity index (χ0v) is 31.1. The van der Waals surface area contributed by atoms with Crippen LogP contribution in [0.5, 0.6) is 0 Å². The molecule has 2 aromatic carbocycles. The third-order valence-electron chi connectivity index (χ3n) is 8.18. The Morgan fingerprint density at radius 2 is 1.16 bits per heavy atom. The van der Waals surface area contributed by atoms with Gasteiger partial charge >= 0.3 is 0 Å². The molecule has 0 radical (unpaired) electrons. The minimum Gasteiger partial charge on any atom is -0.399 e. The Hall–Kier alpha value is -4.87. The van der Waals surface area contributed by atoms with E-state index in [0.29, 0.717) is 0 Å². The Kier molecular flexibility index (Phi) is 11.6. The smallest absolute Gasteiger partial charge is 0.112 e. The number of aromatic nitrogens is 6. The van der Waals surface area contributed by atoms with Crippen LogP contribution >= 0.6 is 22.7 Å². The number of nitrogen functional groups attached to an aromatic ring is 1. The van der Waals surface area contributed by atoms with Crippen LogP contribution in [0.15, 0.2) is 64.3 Å². The fourth-order valence-corrected chi connectivity index (χ4v) is 6.56. The number of aliphatic imine (C=N–C) groups is 1. The highest BCUT2D eigenvalue weighted by Gasteiger charge is 2.12. The lowest BCUT2D eigenvalue weighted by molar-refractivity contribution is 0.552. The van der Waals surface area contributed by atoms with E-state index in [9.17, 15) is 0 Å². The van der Waals surface area contributed by atoms with E-state index in [1.807, 2.05) is 69.9 Å². The van der Waals surface area contributed by atoms with Crippen LogP contribution < -0.4 is 5.73 Å². The minimum absolute atomic E-state index is 0.815. The van der Waals surface area contributed by atoms with Crippen LogP contribution in [0.2, 0.25) is 0 Å². The maximum Gasteiger partial charge on any atom is 0.112 e. The highest BCUT2D eigenvalue weighted by atomic mass is 32.1. The molecule has 0 atom stereocenters. The minimum atomic E-state index is 0.815. The van der Waals surface area contributed by atoms with E-state index in [-0.39, 0.29) is 0 Å². The molecule has 49 heavy (non-hydrogen) atoms. The summed E-state index contributed by atoms with van der Waals surface area (Å²) >= 11 is 3.32. The first-order valence-electron chi connectivity index (χ1n) is 16.2. The molecular weight excluding hydrogens is 647 g/mol. The highest BCUT2D eigenvalue weighted by molar-refractivity contribution is 7.10. The molecule has 6 rings (SSSR count). The van der Waals surface area contributed by atoms with E-state index in [2.05, 4.69) is 86.5 Å². The van der Waals surface area contributed by atoms with Crippen molar-refractivity contribution in [3.05, 3.63) is 114 Å². The maximum atomic E-state index is 5.95. The van der Waals surface area contributed by atoms with Gasteiger partial charge in [-0.05, 0) is 118 Å². The summed E-state index contributed by atoms with van der Waals surface area (Å²) in [4.78, 5) is 16.1. The van der Waals surface area contributed by atoms with E-state index in [1.165, 1.54) is 27.8 Å². The van der Waals surface area contributed by atoms with Crippen molar-refractivity contribution >= 4 is 40.4 Å². The number of nitrogens with two attached hydrogens (primary N) is 1. The molecule has 0 aliphatic rings. The second kappa shape index (κ2) is 16.0. The van der Waals surface area contributed by atoms with Crippen molar-refractivity contribution in [2.45, 2.75) is 61.3 Å². The Balaban J connectivity index is 0.000000195. The zero-order valence-electron chi connectivity index (χ0n) is 29.4. The molecule has 0 amide bonds. The normalized spacial score (nSPS) is 11.1. The van der Waals surface area contributed by atoms with E-state index in [1.54, 1.807) is 22.7 Å². The molecule has 0 saturated heterocycles. The summed E-state index contributed by atoms with van der Waals surface area (Å²) in [5, 5.41) is 22.9. The molecule has 0 spiro atoms. The van der Waals surface area contributed by atoms with Gasteiger partial charge < -0.3 is 10.6 Å². The number of hydrogen-bond donors (Lipinski definition) is 1. The van der Waals surface area contributed by atoms with Gasteiger partial charge in [0, 0.05) is 42.9 Å². The lowest BCUT2D eigenvalue weighted by atomic mass is 10.0. The van der Waals surface area contributed by atoms with Crippen LogP contribution in [-0.4, -0.2) is 55.2 Å². The van der Waals surface area contributed by atoms with Crippen molar-refractivity contribution in [3.63, 3.8) is 0 Å². The molecule has 252 valence electrons. The number of hydrogen-bond acceptors (Lipinski definition) is 10. The van der Waals surface area contributed by atoms with Gasteiger partial charge in [-0.3, -0.25) is 0 Å². The molecule has 4 aromatic heterocycles. The Morgan fingerprint density at radius 1 is 0.653 bits per heavy atom. The molecule has 6 aromatic rings. The molecule has 0 fully saturated rings. The molecule has 0 aliphatic carbocycles. The van der Waals surface area contributed by atoms with Gasteiger partial charge in [-0.2, -0.15) is 10.2 Å². The predicted octanol–water partition coefficient (Wildman–Crippen LogP) is 8.43. The molecular formula is C38H43N9S2. The van der Waals surface area contributed by atoms with Crippen LogP contribution in [0.3, 0.4) is 0 Å². The van der Waals surface area contributed by atoms with E-state index in [4.69, 9.17) is 10.7 Å². The number of rotatable bonds is 9. The molecule has 0 saturated carbocycles. The van der Waals surface area contributed by atoms with Gasteiger partial charge in [0.25, 0.3) is 0 Å². The zero-order chi connectivity index (χ0) is 35.1. The lowest BCUT2D eigenvalue weighted by Crippen LogP contribution is -2.14. The number of aryl methyl sites for hydroxylation is 6. The first-order valence-corrected chi connectivity index (χ1v) is 17.9. The van der Waals surface area contributed by atoms with Crippen LogP contribution in [0, 0.1) is 41.5 Å². The summed E-state index contributed by atoms with van der Waals surface area (Å²) in [6.45, 7) is 15.3. The highest BCUT2D eigenvalue weighted by Crippen LogP contribution is 2.28. The third kappa shape index (κ3) is 9.39. The number of benzene rings is 2. The van der Waals surface area contributed by atoms with Gasteiger partial charge in [-0.25, -0.2) is 15.0 Å². The van der Waals surface area contributed by atoms with Crippen molar-refractivity contribution in [1.29, 1.82) is 0 Å². The van der Waals surface area contributed by atoms with Crippen molar-refractivity contribution in [1.82, 2.24) is 35.3 Å². The van der Waals surface area contributed by atoms with Gasteiger partial charge in [-0.1, -0.05) is 12.1 Å². The van der Waals surface area contributed by atoms with E-state index >= 15 is 0 Å². The number of anilines is 1. The molecule has 11 heteroatoms. The second-order valence-corrected chi connectivity index (χ2v) is 14.1. The fourth-order valence-electron chi connectivity index (χ4n) is 4.94. The molecule has 0 aliphatic heterocycles. The van der Waals surface area contributed by atoms with Crippen molar-refractivity contribution in [2.24, 2.45) is 4.99 Å². The topological polar surface area (TPSA) is 119 Å². The number of nitrogens with zero attached hydrogens (tertiary/aromatic N) is 8. The third-order valence-corrected chi connectivity index (χ3v) is 9.88. The summed E-state index contributed by atoms with van der Waals surface area (Å²) in [6.07, 6.45) is 3.52. The quantitative estimate of drug-likeness (QED) is 0.0913. The lowest BCUT2D eigenvalue weighted by Gasteiger charge is -2.11. The van der Waals surface area contributed by atoms with Gasteiger partial charge in [0.2, 0.25) is 0 Å². The second-order valence-electron chi connectivity index (χ2n) is 12.2. The summed E-state index contributed by atoms with van der Waals surface area (Å²) in [5.41, 5.74) is 20.3. The van der Waals surface area contributed by atoms with Crippen LogP contribution in [0.1, 0.15) is 61.7 Å². The molecule has 0 unspecified atom stereocenters. The van der Waals surface area contributed by atoms with Crippen molar-refractivity contribution in [2.75, 3.05) is 19.3 Å². The van der Waals surface area contributed by atoms with Crippen LogP contribution in [-0.2, 0) is 12.8 Å². The Morgan fingerprint density at radius 3 is 1.65 bits per heavy atom. The van der Waals surface area contributed by atoms with Gasteiger partial charge in [0.1, 0.15) is 22.8 Å². The first kappa shape index (κ1) is 35.4.